The Morgan fingerprint density at radius 3 is 2.46 bits per heavy atom. The summed E-state index contributed by atoms with van der Waals surface area (Å²) in [5, 5.41) is 8.53. The maximum atomic E-state index is 12.5. The predicted molar refractivity (Wildman–Crippen MR) is 47.1 cm³/mol. The minimum atomic E-state index is -0.836. The molecule has 1 N–H and O–H groups in total. The molecule has 0 bridgehead atoms. The average Bonchev–Trinajstić information content (AvgIpc) is 2.04. The van der Waals surface area contributed by atoms with Gasteiger partial charge in [-0.1, -0.05) is 19.1 Å². The van der Waals surface area contributed by atoms with Crippen LogP contribution in [0.1, 0.15) is 24.8 Å². The molecule has 0 saturated carbocycles. The van der Waals surface area contributed by atoms with Crippen molar-refractivity contribution in [3.63, 3.8) is 0 Å². The van der Waals surface area contributed by atoms with Gasteiger partial charge in [-0.05, 0) is 23.6 Å². The van der Waals surface area contributed by atoms with E-state index in [1.165, 1.54) is 12.1 Å². The first kappa shape index (κ1) is 9.71. The average molecular weight is 182 g/mol. The van der Waals surface area contributed by atoms with E-state index in [4.69, 9.17) is 5.11 Å². The molecule has 0 saturated heterocycles. The number of hydrogen-bond acceptors (Lipinski definition) is 1. The molecule has 0 aromatic heterocycles. The molecule has 0 fully saturated rings. The Morgan fingerprint density at radius 1 is 1.46 bits per heavy atom. The largest absolute Gasteiger partial charge is 0.481 e. The fourth-order valence-corrected chi connectivity index (χ4v) is 1.17. The molecule has 2 nitrogen and oxygen atoms in total. The summed E-state index contributed by atoms with van der Waals surface area (Å²) in [4.78, 5) is 10.4. The lowest BCUT2D eigenvalue weighted by atomic mass is 9.98. The van der Waals surface area contributed by atoms with Gasteiger partial charge in [0, 0.05) is 0 Å². The second-order valence-corrected chi connectivity index (χ2v) is 3.05. The highest BCUT2D eigenvalue weighted by Gasteiger charge is 2.09. The molecule has 3 heteroatoms. The van der Waals surface area contributed by atoms with Gasteiger partial charge in [-0.15, -0.1) is 0 Å². The Kier molecular flexibility index (Phi) is 3.01. The topological polar surface area (TPSA) is 37.3 Å². The minimum absolute atomic E-state index is 0.0712. The Labute approximate surface area is 76.0 Å². The summed E-state index contributed by atoms with van der Waals surface area (Å²) < 4.78 is 12.5. The Balaban J connectivity index is 2.71. The first-order valence-electron chi connectivity index (χ1n) is 4.07. The van der Waals surface area contributed by atoms with Gasteiger partial charge in [0.05, 0.1) is 6.42 Å². The van der Waals surface area contributed by atoms with Crippen molar-refractivity contribution in [2.45, 2.75) is 19.3 Å². The summed E-state index contributed by atoms with van der Waals surface area (Å²) in [7, 11) is 0. The molecule has 0 heterocycles. The number of aliphatic carboxylic acids is 1. The smallest absolute Gasteiger partial charge is 0.303 e. The van der Waals surface area contributed by atoms with Crippen molar-refractivity contribution in [3.8, 4) is 0 Å². The second kappa shape index (κ2) is 4.03. The highest BCUT2D eigenvalue weighted by atomic mass is 19.1. The van der Waals surface area contributed by atoms with Crippen molar-refractivity contribution in [2.75, 3.05) is 0 Å². The van der Waals surface area contributed by atoms with E-state index in [9.17, 15) is 9.18 Å². The number of carboxylic acid groups (broad SMARTS) is 1. The van der Waals surface area contributed by atoms with Gasteiger partial charge in [-0.2, -0.15) is 0 Å². The zero-order valence-electron chi connectivity index (χ0n) is 7.33. The van der Waals surface area contributed by atoms with E-state index in [0.717, 1.165) is 5.56 Å². The molecule has 0 amide bonds. The Morgan fingerprint density at radius 2 is 2.00 bits per heavy atom. The summed E-state index contributed by atoms with van der Waals surface area (Å²) in [6, 6.07) is 5.91. The highest BCUT2D eigenvalue weighted by molar-refractivity contribution is 5.67. The summed E-state index contributed by atoms with van der Waals surface area (Å²) >= 11 is 0. The molecule has 1 rings (SSSR count). The van der Waals surface area contributed by atoms with Crippen LogP contribution in [0.4, 0.5) is 4.39 Å². The minimum Gasteiger partial charge on any atom is -0.481 e. The molecule has 1 aromatic carbocycles. The third-order valence-electron chi connectivity index (χ3n) is 1.92. The van der Waals surface area contributed by atoms with Crippen LogP contribution in [-0.4, -0.2) is 11.1 Å². The fourth-order valence-electron chi connectivity index (χ4n) is 1.17. The molecule has 0 aliphatic rings. The van der Waals surface area contributed by atoms with Crippen molar-refractivity contribution >= 4 is 5.97 Å². The summed E-state index contributed by atoms with van der Waals surface area (Å²) in [5.41, 5.74) is 0.851. The predicted octanol–water partition coefficient (Wildman–Crippen LogP) is 2.40. The lowest BCUT2D eigenvalue weighted by Crippen LogP contribution is -2.02. The lowest BCUT2D eigenvalue weighted by Gasteiger charge is -2.07. The van der Waals surface area contributed by atoms with Gasteiger partial charge in [0.25, 0.3) is 0 Å². The molecule has 0 spiro atoms. The molecule has 0 radical (unpaired) electrons. The van der Waals surface area contributed by atoms with Gasteiger partial charge in [0.15, 0.2) is 0 Å². The van der Waals surface area contributed by atoms with E-state index >= 15 is 0 Å². The third kappa shape index (κ3) is 2.86. The van der Waals surface area contributed by atoms with Gasteiger partial charge in [0.1, 0.15) is 5.82 Å². The fraction of sp³-hybridized carbons (Fsp3) is 0.300. The van der Waals surface area contributed by atoms with Crippen molar-refractivity contribution < 1.29 is 14.3 Å². The zero-order valence-corrected chi connectivity index (χ0v) is 7.33. The number of benzene rings is 1. The first-order chi connectivity index (χ1) is 6.09. The second-order valence-electron chi connectivity index (χ2n) is 3.05. The van der Waals surface area contributed by atoms with Crippen LogP contribution < -0.4 is 0 Å². The van der Waals surface area contributed by atoms with Crippen molar-refractivity contribution in [3.05, 3.63) is 35.6 Å². The molecule has 1 atom stereocenters. The molecular weight excluding hydrogens is 171 g/mol. The molecule has 0 aliphatic heterocycles. The summed E-state index contributed by atoms with van der Waals surface area (Å²) in [5.74, 6) is -1.21. The van der Waals surface area contributed by atoms with Crippen LogP contribution in [0.2, 0.25) is 0 Å². The van der Waals surface area contributed by atoms with Crippen LogP contribution in [0, 0.1) is 5.82 Å². The third-order valence-corrected chi connectivity index (χ3v) is 1.92. The summed E-state index contributed by atoms with van der Waals surface area (Å²) in [6.07, 6.45) is 0.0750. The Hall–Kier alpha value is -1.38. The van der Waals surface area contributed by atoms with E-state index in [1.54, 1.807) is 19.1 Å². The monoisotopic (exact) mass is 182 g/mol. The molecule has 0 aliphatic carbocycles. The van der Waals surface area contributed by atoms with Crippen molar-refractivity contribution in [2.24, 2.45) is 0 Å². The van der Waals surface area contributed by atoms with E-state index < -0.39 is 5.97 Å². The van der Waals surface area contributed by atoms with Crippen LogP contribution in [-0.2, 0) is 4.79 Å². The summed E-state index contributed by atoms with van der Waals surface area (Å²) in [6.45, 7) is 1.81. The maximum absolute atomic E-state index is 12.5. The van der Waals surface area contributed by atoms with Crippen LogP contribution in [0.5, 0.6) is 0 Å². The van der Waals surface area contributed by atoms with Gasteiger partial charge in [-0.25, -0.2) is 4.39 Å². The molecule has 13 heavy (non-hydrogen) atoms. The lowest BCUT2D eigenvalue weighted by molar-refractivity contribution is -0.137. The van der Waals surface area contributed by atoms with Crippen molar-refractivity contribution in [1.29, 1.82) is 0 Å². The quantitative estimate of drug-likeness (QED) is 0.779. The number of hydrogen-bond donors (Lipinski definition) is 1. The zero-order chi connectivity index (χ0) is 9.84. The Bertz CT molecular complexity index is 292. The maximum Gasteiger partial charge on any atom is 0.303 e. The number of carbonyl (C=O) groups is 1. The number of halogens is 1. The standard InChI is InChI=1S/C10H11FO2/c1-7(6-10(12)13)8-2-4-9(11)5-3-8/h2-5,7H,6H2,1H3,(H,12,13). The number of rotatable bonds is 3. The molecule has 1 aromatic rings. The van der Waals surface area contributed by atoms with E-state index in [-0.39, 0.29) is 18.2 Å². The van der Waals surface area contributed by atoms with Crippen LogP contribution in [0.15, 0.2) is 24.3 Å². The van der Waals surface area contributed by atoms with Crippen LogP contribution in [0.3, 0.4) is 0 Å². The van der Waals surface area contributed by atoms with E-state index in [2.05, 4.69) is 0 Å². The molecule has 70 valence electrons. The van der Waals surface area contributed by atoms with Crippen molar-refractivity contribution in [1.82, 2.24) is 0 Å². The number of carboxylic acids is 1. The van der Waals surface area contributed by atoms with Crippen LogP contribution >= 0.6 is 0 Å². The van der Waals surface area contributed by atoms with E-state index in [1.807, 2.05) is 0 Å². The first-order valence-corrected chi connectivity index (χ1v) is 4.07. The normalized spacial score (nSPS) is 12.5. The van der Waals surface area contributed by atoms with Gasteiger partial charge in [-0.3, -0.25) is 4.79 Å². The van der Waals surface area contributed by atoms with Crippen LogP contribution in [0.25, 0.3) is 0 Å². The van der Waals surface area contributed by atoms with Gasteiger partial charge >= 0.3 is 5.97 Å². The van der Waals surface area contributed by atoms with Gasteiger partial charge in [0.2, 0.25) is 0 Å². The van der Waals surface area contributed by atoms with Gasteiger partial charge < -0.3 is 5.11 Å². The van der Waals surface area contributed by atoms with E-state index in [0.29, 0.717) is 0 Å². The highest BCUT2D eigenvalue weighted by Crippen LogP contribution is 2.18. The SMILES string of the molecule is CC(CC(=O)O)c1ccc(F)cc1. The molecular formula is C10H11FO2. The molecule has 1 unspecified atom stereocenters.